The lowest BCUT2D eigenvalue weighted by molar-refractivity contribution is -0.131. The maximum absolute atomic E-state index is 12.8. The largest absolute Gasteiger partial charge is 0.508 e. The summed E-state index contributed by atoms with van der Waals surface area (Å²) in [6.45, 7) is 0. The van der Waals surface area contributed by atoms with E-state index in [4.69, 9.17) is 14.3 Å². The third-order valence-corrected chi connectivity index (χ3v) is 3.55. The van der Waals surface area contributed by atoms with Crippen molar-refractivity contribution in [2.24, 2.45) is 0 Å². The van der Waals surface area contributed by atoms with Crippen LogP contribution in [0.15, 0.2) is 51.9 Å². The Balaban J connectivity index is 2.33. The molecule has 0 atom stereocenters. The van der Waals surface area contributed by atoms with E-state index in [1.807, 2.05) is 0 Å². The van der Waals surface area contributed by atoms with Crippen LogP contribution in [-0.4, -0.2) is 31.5 Å². The van der Waals surface area contributed by atoms with Crippen molar-refractivity contribution < 1.29 is 39.5 Å². The molecule has 138 valence electrons. The minimum atomic E-state index is -1.32. The average molecular weight is 372 g/mol. The van der Waals surface area contributed by atoms with Gasteiger partial charge in [-0.25, -0.2) is 4.79 Å². The first kappa shape index (κ1) is 17.7. The lowest BCUT2D eigenvalue weighted by Gasteiger charge is -2.11. The fourth-order valence-corrected chi connectivity index (χ4v) is 2.39. The molecule has 1 aromatic heterocycles. The summed E-state index contributed by atoms with van der Waals surface area (Å²) in [5.74, 6) is -3.84. The first-order chi connectivity index (χ1) is 12.8. The zero-order chi connectivity index (χ0) is 19.7. The van der Waals surface area contributed by atoms with Gasteiger partial charge in [0.2, 0.25) is 11.2 Å². The average Bonchev–Trinajstić information content (AvgIpc) is 2.58. The summed E-state index contributed by atoms with van der Waals surface area (Å²) in [4.78, 5) is 23.4. The van der Waals surface area contributed by atoms with Crippen molar-refractivity contribution in [3.63, 3.8) is 0 Å². The van der Waals surface area contributed by atoms with Crippen molar-refractivity contribution in [2.75, 3.05) is 0 Å². The number of phenolic OH excluding ortho intramolecular Hbond substituents is 4. The summed E-state index contributed by atoms with van der Waals surface area (Å²) in [5, 5.41) is 47.1. The Hall–Kier alpha value is -4.14. The zero-order valence-electron chi connectivity index (χ0n) is 13.4. The molecule has 3 aromatic rings. The molecule has 0 unspecified atom stereocenters. The van der Waals surface area contributed by atoms with Gasteiger partial charge in [0, 0.05) is 17.7 Å². The molecule has 0 bridgehead atoms. The molecular weight excluding hydrogens is 360 g/mol. The number of carbonyl (C=O) groups is 1. The highest BCUT2D eigenvalue weighted by atomic mass is 16.5. The Morgan fingerprint density at radius 3 is 2.41 bits per heavy atom. The Bertz CT molecular complexity index is 1140. The van der Waals surface area contributed by atoms with Crippen molar-refractivity contribution in [3.05, 3.63) is 52.9 Å². The molecule has 0 radical (unpaired) electrons. The van der Waals surface area contributed by atoms with Gasteiger partial charge in [0.25, 0.3) is 0 Å². The van der Waals surface area contributed by atoms with Crippen LogP contribution in [0, 0.1) is 0 Å². The van der Waals surface area contributed by atoms with Crippen LogP contribution < -0.4 is 10.2 Å². The number of ether oxygens (including phenoxy) is 1. The molecule has 0 fully saturated rings. The molecule has 27 heavy (non-hydrogen) atoms. The maximum atomic E-state index is 12.8. The molecule has 9 nitrogen and oxygen atoms in total. The van der Waals surface area contributed by atoms with Crippen LogP contribution in [0.2, 0.25) is 0 Å². The first-order valence-electron chi connectivity index (χ1n) is 7.39. The molecule has 5 N–H and O–H groups in total. The third-order valence-electron chi connectivity index (χ3n) is 3.55. The minimum Gasteiger partial charge on any atom is -0.508 e. The van der Waals surface area contributed by atoms with E-state index in [-0.39, 0.29) is 28.0 Å². The number of carboxylic acids is 1. The van der Waals surface area contributed by atoms with E-state index >= 15 is 0 Å². The number of hydrogen-bond acceptors (Lipinski definition) is 8. The van der Waals surface area contributed by atoms with Gasteiger partial charge in [0.15, 0.2) is 17.3 Å². The van der Waals surface area contributed by atoms with E-state index in [1.54, 1.807) is 0 Å². The van der Waals surface area contributed by atoms with Crippen LogP contribution in [0.4, 0.5) is 0 Å². The van der Waals surface area contributed by atoms with Crippen LogP contribution in [0.25, 0.3) is 22.3 Å². The van der Waals surface area contributed by atoms with Crippen LogP contribution in [0.5, 0.6) is 28.7 Å². The van der Waals surface area contributed by atoms with Crippen molar-refractivity contribution >= 4 is 16.9 Å². The smallest absolute Gasteiger partial charge is 0.331 e. The van der Waals surface area contributed by atoms with E-state index in [0.29, 0.717) is 6.08 Å². The van der Waals surface area contributed by atoms with Gasteiger partial charge in [-0.05, 0) is 18.2 Å². The second kappa shape index (κ2) is 6.64. The van der Waals surface area contributed by atoms with Gasteiger partial charge in [0.05, 0.1) is 12.3 Å². The quantitative estimate of drug-likeness (QED) is 0.263. The van der Waals surface area contributed by atoms with E-state index in [1.165, 1.54) is 6.07 Å². The second-order valence-corrected chi connectivity index (χ2v) is 5.39. The minimum absolute atomic E-state index is 0.117. The number of phenols is 4. The second-order valence-electron chi connectivity index (χ2n) is 5.39. The van der Waals surface area contributed by atoms with Gasteiger partial charge >= 0.3 is 5.97 Å². The molecule has 0 saturated carbocycles. The Labute approximate surface area is 150 Å². The Morgan fingerprint density at radius 2 is 1.74 bits per heavy atom. The molecule has 3 rings (SSSR count). The summed E-state index contributed by atoms with van der Waals surface area (Å²) < 4.78 is 10.7. The highest BCUT2D eigenvalue weighted by Crippen LogP contribution is 2.38. The van der Waals surface area contributed by atoms with Crippen molar-refractivity contribution in [1.29, 1.82) is 0 Å². The normalized spacial score (nSPS) is 11.1. The monoisotopic (exact) mass is 372 g/mol. The lowest BCUT2D eigenvalue weighted by Crippen LogP contribution is -2.08. The molecule has 9 heteroatoms. The van der Waals surface area contributed by atoms with E-state index in [2.05, 4.69) is 0 Å². The number of aromatic hydroxyl groups is 4. The molecule has 0 amide bonds. The lowest BCUT2D eigenvalue weighted by atomic mass is 10.1. The van der Waals surface area contributed by atoms with E-state index < -0.39 is 34.4 Å². The highest BCUT2D eigenvalue weighted by molar-refractivity contribution is 5.88. The van der Waals surface area contributed by atoms with Gasteiger partial charge in [-0.3, -0.25) is 4.79 Å². The molecule has 2 aromatic carbocycles. The van der Waals surface area contributed by atoms with Gasteiger partial charge in [0.1, 0.15) is 22.5 Å². The van der Waals surface area contributed by atoms with Gasteiger partial charge in [-0.1, -0.05) is 0 Å². The third kappa shape index (κ3) is 3.33. The number of aliphatic carboxylic acids is 1. The molecule has 0 saturated heterocycles. The fraction of sp³-hybridized carbons (Fsp3) is 0. The van der Waals surface area contributed by atoms with E-state index in [9.17, 15) is 30.0 Å². The van der Waals surface area contributed by atoms with Gasteiger partial charge in [-0.2, -0.15) is 0 Å². The molecule has 1 heterocycles. The summed E-state index contributed by atoms with van der Waals surface area (Å²) in [7, 11) is 0. The predicted molar refractivity (Wildman–Crippen MR) is 92.0 cm³/mol. The first-order valence-corrected chi connectivity index (χ1v) is 7.39. The molecule has 0 aliphatic rings. The zero-order valence-corrected chi connectivity index (χ0v) is 13.4. The highest BCUT2D eigenvalue weighted by Gasteiger charge is 2.21. The number of rotatable bonds is 4. The number of fused-ring (bicyclic) bond motifs is 1. The number of hydrogen-bond donors (Lipinski definition) is 5. The SMILES string of the molecule is O=C(O)C=COc1c(-c2ccc(O)c(O)c2)oc2cc(O)cc(O)c2c1=O. The van der Waals surface area contributed by atoms with Gasteiger partial charge in [-0.15, -0.1) is 0 Å². The molecular formula is C18H12O9. The summed E-state index contributed by atoms with van der Waals surface area (Å²) in [6.07, 6.45) is 1.38. The molecule has 0 aliphatic carbocycles. The van der Waals surface area contributed by atoms with Gasteiger partial charge < -0.3 is 34.7 Å². The van der Waals surface area contributed by atoms with Crippen molar-refractivity contribution in [3.8, 4) is 40.1 Å². The number of carboxylic acid groups (broad SMARTS) is 1. The summed E-state index contributed by atoms with van der Waals surface area (Å²) >= 11 is 0. The fourth-order valence-electron chi connectivity index (χ4n) is 2.39. The topological polar surface area (TPSA) is 158 Å². The Kier molecular flexibility index (Phi) is 4.34. The van der Waals surface area contributed by atoms with Crippen LogP contribution in [0.1, 0.15) is 0 Å². The Morgan fingerprint density at radius 1 is 1.00 bits per heavy atom. The van der Waals surface area contributed by atoms with Crippen LogP contribution in [-0.2, 0) is 4.79 Å². The van der Waals surface area contributed by atoms with Crippen molar-refractivity contribution in [2.45, 2.75) is 0 Å². The summed E-state index contributed by atoms with van der Waals surface area (Å²) in [6, 6.07) is 5.58. The standard InChI is InChI=1S/C18H12O9/c19-9-6-12(22)15-13(7-9)27-17(8-1-2-10(20)11(21)5-8)18(16(15)25)26-4-3-14(23)24/h1-7,19-22H,(H,23,24). The van der Waals surface area contributed by atoms with Crippen molar-refractivity contribution in [1.82, 2.24) is 0 Å². The maximum Gasteiger partial charge on any atom is 0.331 e. The summed E-state index contributed by atoms with van der Waals surface area (Å²) in [5.41, 5.74) is -0.896. The number of benzene rings is 2. The van der Waals surface area contributed by atoms with Crippen LogP contribution in [0.3, 0.4) is 0 Å². The van der Waals surface area contributed by atoms with Crippen LogP contribution >= 0.6 is 0 Å². The van der Waals surface area contributed by atoms with E-state index in [0.717, 1.165) is 30.5 Å². The molecule has 0 spiro atoms. The molecule has 0 aliphatic heterocycles. The predicted octanol–water partition coefficient (Wildman–Crippen LogP) is 2.26.